The molecule has 0 amide bonds. The lowest BCUT2D eigenvalue weighted by Crippen LogP contribution is -2.34. The highest BCUT2D eigenvalue weighted by Crippen LogP contribution is 2.29. The van der Waals surface area contributed by atoms with Gasteiger partial charge in [-0.15, -0.1) is 0 Å². The van der Waals surface area contributed by atoms with Crippen LogP contribution >= 0.6 is 0 Å². The Kier molecular flexibility index (Phi) is 5.16. The standard InChI is InChI=1S/C15H26N2/c1-10(2)14(9-16)15(17-5)13-7-6-11(3)8-12(13)4/h6-8,10,14-15,17H,9,16H2,1-5H3. The molecule has 2 heteroatoms. The van der Waals surface area contributed by atoms with E-state index in [-0.39, 0.29) is 0 Å². The summed E-state index contributed by atoms with van der Waals surface area (Å²) in [7, 11) is 2.02. The topological polar surface area (TPSA) is 38.0 Å². The lowest BCUT2D eigenvalue weighted by atomic mass is 9.83. The lowest BCUT2D eigenvalue weighted by Gasteiger charge is -2.30. The van der Waals surface area contributed by atoms with Crippen LogP contribution < -0.4 is 11.1 Å². The smallest absolute Gasteiger partial charge is 0.0363 e. The van der Waals surface area contributed by atoms with Crippen molar-refractivity contribution in [1.82, 2.24) is 5.32 Å². The van der Waals surface area contributed by atoms with Crippen molar-refractivity contribution in [3.63, 3.8) is 0 Å². The maximum absolute atomic E-state index is 5.93. The summed E-state index contributed by atoms with van der Waals surface area (Å²) in [5, 5.41) is 3.43. The highest BCUT2D eigenvalue weighted by molar-refractivity contribution is 5.33. The second-order valence-corrected chi connectivity index (χ2v) is 5.27. The molecule has 3 N–H and O–H groups in total. The summed E-state index contributed by atoms with van der Waals surface area (Å²) in [5.41, 5.74) is 9.97. The summed E-state index contributed by atoms with van der Waals surface area (Å²) >= 11 is 0. The molecule has 0 spiro atoms. The molecule has 2 unspecified atom stereocenters. The Morgan fingerprint density at radius 2 is 1.88 bits per heavy atom. The van der Waals surface area contributed by atoms with Crippen LogP contribution in [0.15, 0.2) is 18.2 Å². The predicted molar refractivity (Wildman–Crippen MR) is 75.1 cm³/mol. The molecule has 0 aliphatic heterocycles. The van der Waals surface area contributed by atoms with Gasteiger partial charge in [0, 0.05) is 6.04 Å². The molecule has 1 aromatic rings. The highest BCUT2D eigenvalue weighted by Gasteiger charge is 2.24. The number of hydrogen-bond acceptors (Lipinski definition) is 2. The van der Waals surface area contributed by atoms with Crippen LogP contribution in [0.2, 0.25) is 0 Å². The third-order valence-electron chi connectivity index (χ3n) is 3.63. The number of nitrogens with one attached hydrogen (secondary N) is 1. The van der Waals surface area contributed by atoms with E-state index >= 15 is 0 Å². The van der Waals surface area contributed by atoms with E-state index in [1.165, 1.54) is 16.7 Å². The van der Waals surface area contributed by atoms with Crippen molar-refractivity contribution in [1.29, 1.82) is 0 Å². The SMILES string of the molecule is CNC(c1ccc(C)cc1C)C(CN)C(C)C. The van der Waals surface area contributed by atoms with Crippen molar-refractivity contribution in [3.05, 3.63) is 34.9 Å². The third-order valence-corrected chi connectivity index (χ3v) is 3.63. The highest BCUT2D eigenvalue weighted by atomic mass is 14.9. The van der Waals surface area contributed by atoms with Gasteiger partial charge >= 0.3 is 0 Å². The second-order valence-electron chi connectivity index (χ2n) is 5.27. The van der Waals surface area contributed by atoms with Gasteiger partial charge in [-0.3, -0.25) is 0 Å². The van der Waals surface area contributed by atoms with Gasteiger partial charge in [-0.05, 0) is 50.4 Å². The molecule has 0 bridgehead atoms. The summed E-state index contributed by atoms with van der Waals surface area (Å²) in [6.07, 6.45) is 0. The van der Waals surface area contributed by atoms with Crippen LogP contribution in [0, 0.1) is 25.7 Å². The first-order valence-corrected chi connectivity index (χ1v) is 6.45. The van der Waals surface area contributed by atoms with Crippen molar-refractivity contribution >= 4 is 0 Å². The quantitative estimate of drug-likeness (QED) is 0.822. The van der Waals surface area contributed by atoms with Crippen molar-refractivity contribution < 1.29 is 0 Å². The molecule has 0 aromatic heterocycles. The number of hydrogen-bond donors (Lipinski definition) is 2. The molecule has 1 aromatic carbocycles. The first-order chi connectivity index (χ1) is 8.01. The molecule has 0 radical (unpaired) electrons. The van der Waals surface area contributed by atoms with E-state index < -0.39 is 0 Å². The molecule has 0 fully saturated rings. The maximum atomic E-state index is 5.93. The second kappa shape index (κ2) is 6.18. The van der Waals surface area contributed by atoms with Gasteiger partial charge in [-0.2, -0.15) is 0 Å². The Morgan fingerprint density at radius 1 is 1.24 bits per heavy atom. The van der Waals surface area contributed by atoms with Gasteiger partial charge in [0.15, 0.2) is 0 Å². The first kappa shape index (κ1) is 14.2. The van der Waals surface area contributed by atoms with Crippen LogP contribution in [0.1, 0.15) is 36.6 Å². The Hall–Kier alpha value is -0.860. The summed E-state index contributed by atoms with van der Waals surface area (Å²) in [4.78, 5) is 0. The molecule has 0 saturated carbocycles. The molecule has 0 aliphatic rings. The normalized spacial score (nSPS) is 15.0. The Bertz CT molecular complexity index is 358. The number of aryl methyl sites for hydroxylation is 2. The summed E-state index contributed by atoms with van der Waals surface area (Å²) in [6.45, 7) is 9.52. The van der Waals surface area contributed by atoms with Crippen molar-refractivity contribution in [3.8, 4) is 0 Å². The van der Waals surface area contributed by atoms with Gasteiger partial charge in [0.25, 0.3) is 0 Å². The number of nitrogens with two attached hydrogens (primary N) is 1. The van der Waals surface area contributed by atoms with Crippen molar-refractivity contribution in [2.24, 2.45) is 17.6 Å². The van der Waals surface area contributed by atoms with Crippen LogP contribution in [0.4, 0.5) is 0 Å². The Balaban J connectivity index is 3.08. The average molecular weight is 234 g/mol. The van der Waals surface area contributed by atoms with Gasteiger partial charge in [-0.25, -0.2) is 0 Å². The van der Waals surface area contributed by atoms with E-state index in [9.17, 15) is 0 Å². The van der Waals surface area contributed by atoms with E-state index in [0.29, 0.717) is 17.9 Å². The largest absolute Gasteiger partial charge is 0.330 e. The fraction of sp³-hybridized carbons (Fsp3) is 0.600. The number of rotatable bonds is 5. The molecule has 17 heavy (non-hydrogen) atoms. The lowest BCUT2D eigenvalue weighted by molar-refractivity contribution is 0.298. The predicted octanol–water partition coefficient (Wildman–Crippen LogP) is 2.79. The fourth-order valence-electron chi connectivity index (χ4n) is 2.57. The van der Waals surface area contributed by atoms with E-state index in [1.54, 1.807) is 0 Å². The van der Waals surface area contributed by atoms with Crippen LogP contribution in [0.25, 0.3) is 0 Å². The summed E-state index contributed by atoms with van der Waals surface area (Å²) < 4.78 is 0. The van der Waals surface area contributed by atoms with Crippen LogP contribution in [0.5, 0.6) is 0 Å². The average Bonchev–Trinajstić information content (AvgIpc) is 2.26. The minimum Gasteiger partial charge on any atom is -0.330 e. The zero-order valence-electron chi connectivity index (χ0n) is 11.7. The molecule has 2 nitrogen and oxygen atoms in total. The van der Waals surface area contributed by atoms with Gasteiger partial charge in [0.2, 0.25) is 0 Å². The first-order valence-electron chi connectivity index (χ1n) is 6.45. The minimum absolute atomic E-state index is 0.348. The third kappa shape index (κ3) is 3.30. The van der Waals surface area contributed by atoms with Gasteiger partial charge in [-0.1, -0.05) is 37.6 Å². The zero-order chi connectivity index (χ0) is 13.0. The van der Waals surface area contributed by atoms with Crippen molar-refractivity contribution in [2.75, 3.05) is 13.6 Å². The van der Waals surface area contributed by atoms with E-state index in [2.05, 4.69) is 51.2 Å². The summed E-state index contributed by atoms with van der Waals surface area (Å²) in [6, 6.07) is 7.01. The van der Waals surface area contributed by atoms with Crippen LogP contribution in [0.3, 0.4) is 0 Å². The Morgan fingerprint density at radius 3 is 2.29 bits per heavy atom. The van der Waals surface area contributed by atoms with Crippen molar-refractivity contribution in [2.45, 2.75) is 33.7 Å². The van der Waals surface area contributed by atoms with E-state index in [4.69, 9.17) is 5.73 Å². The van der Waals surface area contributed by atoms with E-state index in [0.717, 1.165) is 6.54 Å². The zero-order valence-corrected chi connectivity index (χ0v) is 11.7. The molecule has 96 valence electrons. The molecule has 0 aliphatic carbocycles. The Labute approximate surface area is 106 Å². The molecule has 0 saturated heterocycles. The van der Waals surface area contributed by atoms with Gasteiger partial charge in [0.05, 0.1) is 0 Å². The number of benzene rings is 1. The summed E-state index contributed by atoms with van der Waals surface area (Å²) in [5.74, 6) is 1.06. The maximum Gasteiger partial charge on any atom is 0.0363 e. The molecular weight excluding hydrogens is 208 g/mol. The van der Waals surface area contributed by atoms with E-state index in [1.807, 2.05) is 7.05 Å². The molecule has 1 rings (SSSR count). The van der Waals surface area contributed by atoms with Gasteiger partial charge in [0.1, 0.15) is 0 Å². The van der Waals surface area contributed by atoms with Gasteiger partial charge < -0.3 is 11.1 Å². The molecule has 0 heterocycles. The fourth-order valence-corrected chi connectivity index (χ4v) is 2.57. The van der Waals surface area contributed by atoms with Crippen LogP contribution in [-0.2, 0) is 0 Å². The molecule has 2 atom stereocenters. The molecular formula is C15H26N2. The van der Waals surface area contributed by atoms with Crippen LogP contribution in [-0.4, -0.2) is 13.6 Å². The minimum atomic E-state index is 0.348. The monoisotopic (exact) mass is 234 g/mol.